The largest absolute Gasteiger partial charge is 0.0684 e. The van der Waals surface area contributed by atoms with E-state index in [9.17, 15) is 0 Å². The predicted molar refractivity (Wildman–Crippen MR) is 199 cm³/mol. The minimum atomic E-state index is -1.84. The van der Waals surface area contributed by atoms with Gasteiger partial charge in [-0.3, -0.25) is 0 Å². The van der Waals surface area contributed by atoms with E-state index in [1.165, 1.54) is 46.2 Å². The van der Waals surface area contributed by atoms with Gasteiger partial charge in [-0.05, 0) is 108 Å². The molecule has 0 heterocycles. The van der Waals surface area contributed by atoms with Gasteiger partial charge in [0.2, 0.25) is 0 Å². The minimum absolute atomic E-state index is 0.171. The molecule has 6 rings (SSSR count). The molecule has 2 aliphatic carbocycles. The van der Waals surface area contributed by atoms with Crippen LogP contribution in [-0.2, 0) is 23.7 Å². The molecule has 2 aliphatic rings. The Kier molecular flexibility index (Phi) is 8.13. The molecular weight excluding hydrogens is 557 g/mol. The van der Waals surface area contributed by atoms with Crippen molar-refractivity contribution < 1.29 is 0 Å². The standard InChI is InChI=1S/C44H56Si/c1-28(2)38-27-40-35(31-20-24-33(25-21-31)44(7,8)9)15-13-17-37(40)42(38)45(10,11)41-29(3)26-39-34(14-12-16-36(39)41)30-18-22-32(23-19-30)43(4,5)6/h12-25,28-29,38,41-42H,26-27H2,1-11H3. The Morgan fingerprint density at radius 2 is 1.00 bits per heavy atom. The average molecular weight is 613 g/mol. The van der Waals surface area contributed by atoms with E-state index in [2.05, 4.69) is 160 Å². The number of hydrogen-bond acceptors (Lipinski definition) is 0. The highest BCUT2D eigenvalue weighted by molar-refractivity contribution is 6.80. The fraction of sp³-hybridized carbons (Fsp3) is 0.455. The number of hydrogen-bond donors (Lipinski definition) is 0. The van der Waals surface area contributed by atoms with Crippen molar-refractivity contribution in [3.63, 3.8) is 0 Å². The molecule has 1 heteroatoms. The zero-order chi connectivity index (χ0) is 32.5. The first-order chi connectivity index (χ1) is 21.1. The maximum absolute atomic E-state index is 2.74. The van der Waals surface area contributed by atoms with Crippen LogP contribution in [0.25, 0.3) is 22.3 Å². The Morgan fingerprint density at radius 3 is 1.42 bits per heavy atom. The summed E-state index contributed by atoms with van der Waals surface area (Å²) in [6, 6.07) is 33.4. The number of benzene rings is 4. The summed E-state index contributed by atoms with van der Waals surface area (Å²) in [6.07, 6.45) is 2.40. The summed E-state index contributed by atoms with van der Waals surface area (Å²) in [5, 5.41) is 0. The number of rotatable bonds is 5. The molecule has 0 nitrogen and oxygen atoms in total. The molecule has 4 aromatic rings. The predicted octanol–water partition coefficient (Wildman–Crippen LogP) is 12.3. The Labute approximate surface area is 275 Å². The van der Waals surface area contributed by atoms with Crippen LogP contribution in [0.2, 0.25) is 13.1 Å². The van der Waals surface area contributed by atoms with Crippen LogP contribution >= 0.6 is 0 Å². The maximum atomic E-state index is 2.74. The van der Waals surface area contributed by atoms with Crippen LogP contribution in [0, 0.1) is 17.8 Å². The van der Waals surface area contributed by atoms with E-state index in [-0.39, 0.29) is 10.8 Å². The van der Waals surface area contributed by atoms with Crippen molar-refractivity contribution in [3.8, 4) is 22.3 Å². The summed E-state index contributed by atoms with van der Waals surface area (Å²) in [7, 11) is -1.84. The molecule has 4 atom stereocenters. The first-order valence-corrected chi connectivity index (χ1v) is 20.7. The van der Waals surface area contributed by atoms with Crippen molar-refractivity contribution >= 4 is 8.07 Å². The maximum Gasteiger partial charge on any atom is 0.0635 e. The van der Waals surface area contributed by atoms with Crippen LogP contribution in [-0.4, -0.2) is 8.07 Å². The van der Waals surface area contributed by atoms with E-state index in [1.54, 1.807) is 22.3 Å². The lowest BCUT2D eigenvalue weighted by Crippen LogP contribution is -2.46. The molecule has 236 valence electrons. The van der Waals surface area contributed by atoms with Crippen molar-refractivity contribution in [2.24, 2.45) is 17.8 Å². The topological polar surface area (TPSA) is 0 Å². The molecule has 4 unspecified atom stereocenters. The summed E-state index contributed by atoms with van der Waals surface area (Å²) in [6.45, 7) is 26.8. The Balaban J connectivity index is 1.40. The lowest BCUT2D eigenvalue weighted by Gasteiger charge is -2.43. The zero-order valence-electron chi connectivity index (χ0n) is 29.9. The van der Waals surface area contributed by atoms with Gasteiger partial charge in [0.05, 0.1) is 8.07 Å². The molecule has 0 spiro atoms. The van der Waals surface area contributed by atoms with Crippen LogP contribution in [0.3, 0.4) is 0 Å². The van der Waals surface area contributed by atoms with Gasteiger partial charge in [0.1, 0.15) is 0 Å². The summed E-state index contributed by atoms with van der Waals surface area (Å²) in [5.41, 5.74) is 16.7. The molecule has 0 radical (unpaired) electrons. The lowest BCUT2D eigenvalue weighted by atomic mass is 9.85. The van der Waals surface area contributed by atoms with Gasteiger partial charge in [0.25, 0.3) is 0 Å². The van der Waals surface area contributed by atoms with E-state index in [4.69, 9.17) is 0 Å². The van der Waals surface area contributed by atoms with Gasteiger partial charge in [0.15, 0.2) is 0 Å². The number of fused-ring (bicyclic) bond motifs is 2. The van der Waals surface area contributed by atoms with E-state index < -0.39 is 8.07 Å². The fourth-order valence-electron chi connectivity index (χ4n) is 9.32. The highest BCUT2D eigenvalue weighted by atomic mass is 28.3. The van der Waals surface area contributed by atoms with Crippen molar-refractivity contribution in [2.45, 2.75) is 110 Å². The molecule has 0 amide bonds. The van der Waals surface area contributed by atoms with Crippen LogP contribution in [0.1, 0.15) is 107 Å². The van der Waals surface area contributed by atoms with E-state index in [0.717, 1.165) is 0 Å². The van der Waals surface area contributed by atoms with Crippen molar-refractivity contribution in [2.75, 3.05) is 0 Å². The van der Waals surface area contributed by atoms with Gasteiger partial charge in [0, 0.05) is 0 Å². The molecule has 0 aromatic heterocycles. The van der Waals surface area contributed by atoms with Gasteiger partial charge in [-0.25, -0.2) is 0 Å². The minimum Gasteiger partial charge on any atom is -0.0684 e. The van der Waals surface area contributed by atoms with Gasteiger partial charge in [-0.2, -0.15) is 0 Å². The first kappa shape index (κ1) is 32.1. The monoisotopic (exact) mass is 612 g/mol. The molecule has 0 aliphatic heterocycles. The molecular formula is C44H56Si. The highest BCUT2D eigenvalue weighted by Gasteiger charge is 2.52. The van der Waals surface area contributed by atoms with E-state index in [1.807, 2.05) is 0 Å². The molecule has 45 heavy (non-hydrogen) atoms. The van der Waals surface area contributed by atoms with Crippen LogP contribution in [0.4, 0.5) is 0 Å². The molecule has 0 N–H and O–H groups in total. The first-order valence-electron chi connectivity index (χ1n) is 17.5. The van der Waals surface area contributed by atoms with Crippen LogP contribution < -0.4 is 0 Å². The second kappa shape index (κ2) is 11.4. The summed E-state index contributed by atoms with van der Waals surface area (Å²) in [4.78, 5) is 0. The smallest absolute Gasteiger partial charge is 0.0635 e. The summed E-state index contributed by atoms with van der Waals surface area (Å²) >= 11 is 0. The van der Waals surface area contributed by atoms with Crippen molar-refractivity contribution in [1.82, 2.24) is 0 Å². The highest BCUT2D eigenvalue weighted by Crippen LogP contribution is 2.57. The summed E-state index contributed by atoms with van der Waals surface area (Å²) in [5.74, 6) is 2.02. The molecule has 0 fully saturated rings. The van der Waals surface area contributed by atoms with Gasteiger partial charge >= 0.3 is 0 Å². The molecule has 4 aromatic carbocycles. The molecule has 0 bridgehead atoms. The Morgan fingerprint density at radius 1 is 0.578 bits per heavy atom. The normalized spacial score (nSPS) is 21.7. The Hall–Kier alpha value is -2.90. The van der Waals surface area contributed by atoms with Gasteiger partial charge in [-0.15, -0.1) is 0 Å². The quantitative estimate of drug-likeness (QED) is 0.197. The second-order valence-electron chi connectivity index (χ2n) is 17.5. The van der Waals surface area contributed by atoms with E-state index >= 15 is 0 Å². The fourth-order valence-corrected chi connectivity index (χ4v) is 15.0. The van der Waals surface area contributed by atoms with E-state index in [0.29, 0.717) is 28.8 Å². The second-order valence-corrected chi connectivity index (χ2v) is 22.4. The summed E-state index contributed by atoms with van der Waals surface area (Å²) < 4.78 is 0. The van der Waals surface area contributed by atoms with Gasteiger partial charge in [-0.1, -0.05) is 160 Å². The third-order valence-electron chi connectivity index (χ3n) is 11.6. The van der Waals surface area contributed by atoms with Crippen LogP contribution in [0.5, 0.6) is 0 Å². The van der Waals surface area contributed by atoms with Crippen molar-refractivity contribution in [3.05, 3.63) is 118 Å². The lowest BCUT2D eigenvalue weighted by molar-refractivity contribution is 0.381. The van der Waals surface area contributed by atoms with Crippen molar-refractivity contribution in [1.29, 1.82) is 0 Å². The van der Waals surface area contributed by atoms with Gasteiger partial charge < -0.3 is 0 Å². The molecule has 0 saturated carbocycles. The SMILES string of the molecule is CC(C)C1Cc2c(-c3ccc(C(C)(C)C)cc3)cccc2C1[Si](C)(C)C1c2cccc(-c3ccc(C(C)(C)C)cc3)c2CC1C. The Bertz CT molecular complexity index is 1670. The zero-order valence-corrected chi connectivity index (χ0v) is 30.9. The van der Waals surface area contributed by atoms with Crippen LogP contribution in [0.15, 0.2) is 84.9 Å². The third kappa shape index (κ3) is 5.69. The average Bonchev–Trinajstić information content (AvgIpc) is 3.55. The molecule has 0 saturated heterocycles. The third-order valence-corrected chi connectivity index (χ3v) is 16.5.